The molecule has 0 amide bonds. The zero-order valence-corrected chi connectivity index (χ0v) is 12.2. The van der Waals surface area contributed by atoms with Crippen LogP contribution in [-0.2, 0) is 5.75 Å². The van der Waals surface area contributed by atoms with Gasteiger partial charge in [-0.15, -0.1) is 11.8 Å². The lowest BCUT2D eigenvalue weighted by Gasteiger charge is -2.05. The molecule has 1 aromatic carbocycles. The van der Waals surface area contributed by atoms with Gasteiger partial charge in [0.1, 0.15) is 0 Å². The minimum Gasteiger partial charge on any atom is -0.478 e. The van der Waals surface area contributed by atoms with E-state index in [4.69, 9.17) is 10.8 Å². The van der Waals surface area contributed by atoms with Crippen molar-refractivity contribution in [3.63, 3.8) is 0 Å². The van der Waals surface area contributed by atoms with E-state index in [2.05, 4.69) is 20.9 Å². The summed E-state index contributed by atoms with van der Waals surface area (Å²) in [6.07, 6.45) is 1.36. The summed E-state index contributed by atoms with van der Waals surface area (Å²) in [6.45, 7) is 0. The molecule has 0 aliphatic heterocycles. The van der Waals surface area contributed by atoms with Crippen LogP contribution in [0.1, 0.15) is 16.1 Å². The number of aromatic nitrogens is 1. The molecule has 6 heteroatoms. The highest BCUT2D eigenvalue weighted by atomic mass is 79.9. The number of rotatable bonds is 4. The Kier molecular flexibility index (Phi) is 4.44. The van der Waals surface area contributed by atoms with E-state index in [-0.39, 0.29) is 5.56 Å². The number of hydrogen-bond donors (Lipinski definition) is 2. The van der Waals surface area contributed by atoms with Gasteiger partial charge in [0.05, 0.1) is 11.3 Å². The van der Waals surface area contributed by atoms with Crippen LogP contribution < -0.4 is 5.73 Å². The Hall–Kier alpha value is -1.53. The van der Waals surface area contributed by atoms with Crippen LogP contribution in [0.4, 0.5) is 5.69 Å². The summed E-state index contributed by atoms with van der Waals surface area (Å²) >= 11 is 4.92. The number of thioether (sulfide) groups is 1. The van der Waals surface area contributed by atoms with Gasteiger partial charge in [0, 0.05) is 27.0 Å². The van der Waals surface area contributed by atoms with E-state index < -0.39 is 5.97 Å². The maximum absolute atomic E-state index is 10.7. The topological polar surface area (TPSA) is 76.2 Å². The van der Waals surface area contributed by atoms with Gasteiger partial charge in [0.15, 0.2) is 0 Å². The van der Waals surface area contributed by atoms with Crippen molar-refractivity contribution in [1.29, 1.82) is 0 Å². The van der Waals surface area contributed by atoms with E-state index in [9.17, 15) is 4.79 Å². The number of carbonyl (C=O) groups is 1. The highest BCUT2D eigenvalue weighted by molar-refractivity contribution is 9.10. The number of nitrogens with two attached hydrogens (primary N) is 1. The lowest BCUT2D eigenvalue weighted by molar-refractivity contribution is 0.0696. The first-order valence-corrected chi connectivity index (χ1v) is 7.20. The second kappa shape index (κ2) is 6.08. The van der Waals surface area contributed by atoms with E-state index >= 15 is 0 Å². The van der Waals surface area contributed by atoms with Crippen LogP contribution in [0, 0.1) is 0 Å². The summed E-state index contributed by atoms with van der Waals surface area (Å²) in [5.41, 5.74) is 7.62. The predicted octanol–water partition coefficient (Wildman–Crippen LogP) is 3.42. The third kappa shape index (κ3) is 3.71. The van der Waals surface area contributed by atoms with Gasteiger partial charge in [-0.05, 0) is 30.3 Å². The Morgan fingerprint density at radius 2 is 2.16 bits per heavy atom. The van der Waals surface area contributed by atoms with Crippen LogP contribution >= 0.6 is 27.7 Å². The molecule has 3 N–H and O–H groups in total. The number of hydrogen-bond acceptors (Lipinski definition) is 4. The molecule has 1 aromatic heterocycles. The number of nitrogen functional groups attached to an aromatic ring is 1. The summed E-state index contributed by atoms with van der Waals surface area (Å²) in [7, 11) is 0. The van der Waals surface area contributed by atoms with Crippen LogP contribution in [0.5, 0.6) is 0 Å². The summed E-state index contributed by atoms with van der Waals surface area (Å²) < 4.78 is 0.943. The third-order valence-electron chi connectivity index (χ3n) is 2.42. The number of aromatic carboxylic acids is 1. The molecule has 98 valence electrons. The monoisotopic (exact) mass is 338 g/mol. The fourth-order valence-corrected chi connectivity index (χ4v) is 2.68. The molecule has 0 fully saturated rings. The number of carboxylic acids is 1. The predicted molar refractivity (Wildman–Crippen MR) is 79.3 cm³/mol. The molecule has 2 rings (SSSR count). The van der Waals surface area contributed by atoms with Gasteiger partial charge in [-0.1, -0.05) is 15.9 Å². The van der Waals surface area contributed by atoms with Crippen molar-refractivity contribution >= 4 is 39.3 Å². The number of nitrogens with zero attached hydrogens (tertiary/aromatic N) is 1. The largest absolute Gasteiger partial charge is 0.478 e. The fraction of sp³-hybridized carbons (Fsp3) is 0.0769. The highest BCUT2D eigenvalue weighted by Gasteiger charge is 2.05. The maximum Gasteiger partial charge on any atom is 0.337 e. The van der Waals surface area contributed by atoms with Gasteiger partial charge in [-0.3, -0.25) is 4.98 Å². The molecule has 0 bridgehead atoms. The third-order valence-corrected chi connectivity index (χ3v) is 4.04. The van der Waals surface area contributed by atoms with Gasteiger partial charge in [-0.2, -0.15) is 0 Å². The van der Waals surface area contributed by atoms with Gasteiger partial charge < -0.3 is 10.8 Å². The average molecular weight is 339 g/mol. The second-order valence-electron chi connectivity index (χ2n) is 3.81. The molecule has 1 heterocycles. The summed E-state index contributed by atoms with van der Waals surface area (Å²) in [5.74, 6) is -0.324. The van der Waals surface area contributed by atoms with Crippen LogP contribution in [0.25, 0.3) is 0 Å². The molecule has 0 aliphatic carbocycles. The second-order valence-corrected chi connectivity index (χ2v) is 5.75. The molecule has 0 unspecified atom stereocenters. The van der Waals surface area contributed by atoms with Gasteiger partial charge in [0.25, 0.3) is 0 Å². The van der Waals surface area contributed by atoms with Crippen molar-refractivity contribution in [2.75, 3.05) is 5.73 Å². The molecule has 0 saturated heterocycles. The molecule has 0 atom stereocenters. The van der Waals surface area contributed by atoms with Crippen LogP contribution in [0.3, 0.4) is 0 Å². The standard InChI is InChI=1S/C13H11BrN2O2S/c14-9-2-4-12(11(15)5-9)19-7-10-3-1-8(6-16-10)13(17)18/h1-6H,7,15H2,(H,17,18). The molecule has 0 radical (unpaired) electrons. The molecule has 2 aromatic rings. The van der Waals surface area contributed by atoms with Crippen LogP contribution in [0.2, 0.25) is 0 Å². The van der Waals surface area contributed by atoms with Crippen LogP contribution in [0.15, 0.2) is 45.9 Å². The van der Waals surface area contributed by atoms with E-state index in [1.165, 1.54) is 6.20 Å². The number of anilines is 1. The lowest BCUT2D eigenvalue weighted by Crippen LogP contribution is -1.98. The Bertz CT molecular complexity index is 602. The minimum absolute atomic E-state index is 0.192. The fourth-order valence-electron chi connectivity index (χ4n) is 1.44. The first-order chi connectivity index (χ1) is 9.06. The van der Waals surface area contributed by atoms with Gasteiger partial charge in [0.2, 0.25) is 0 Å². The molecule has 0 aliphatic rings. The van der Waals surface area contributed by atoms with E-state index in [0.29, 0.717) is 11.4 Å². The van der Waals surface area contributed by atoms with Crippen molar-refractivity contribution in [3.05, 3.63) is 52.3 Å². The summed E-state index contributed by atoms with van der Waals surface area (Å²) in [5, 5.41) is 8.78. The average Bonchev–Trinajstić information content (AvgIpc) is 2.38. The quantitative estimate of drug-likeness (QED) is 0.659. The minimum atomic E-state index is -0.969. The smallest absolute Gasteiger partial charge is 0.337 e. The molecule has 19 heavy (non-hydrogen) atoms. The molecular weight excluding hydrogens is 328 g/mol. The maximum atomic E-state index is 10.7. The number of benzene rings is 1. The van der Waals surface area contributed by atoms with E-state index in [1.54, 1.807) is 23.9 Å². The Morgan fingerprint density at radius 3 is 2.74 bits per heavy atom. The Morgan fingerprint density at radius 1 is 1.37 bits per heavy atom. The van der Waals surface area contributed by atoms with E-state index in [0.717, 1.165) is 15.1 Å². The Labute approximate surface area is 123 Å². The zero-order valence-electron chi connectivity index (χ0n) is 9.84. The molecular formula is C13H11BrN2O2S. The molecule has 0 saturated carbocycles. The Balaban J connectivity index is 2.04. The van der Waals surface area contributed by atoms with Crippen molar-refractivity contribution in [3.8, 4) is 0 Å². The van der Waals surface area contributed by atoms with Crippen molar-refractivity contribution in [1.82, 2.24) is 4.98 Å². The van der Waals surface area contributed by atoms with E-state index in [1.807, 2.05) is 18.2 Å². The summed E-state index contributed by atoms with van der Waals surface area (Å²) in [6, 6.07) is 8.99. The number of pyridine rings is 1. The number of halogens is 1. The molecule has 4 nitrogen and oxygen atoms in total. The van der Waals surface area contributed by atoms with Crippen molar-refractivity contribution in [2.24, 2.45) is 0 Å². The first-order valence-electron chi connectivity index (χ1n) is 5.42. The van der Waals surface area contributed by atoms with Crippen molar-refractivity contribution < 1.29 is 9.90 Å². The number of carboxylic acid groups (broad SMARTS) is 1. The molecule has 0 spiro atoms. The lowest BCUT2D eigenvalue weighted by atomic mass is 10.2. The van der Waals surface area contributed by atoms with Gasteiger partial charge >= 0.3 is 5.97 Å². The van der Waals surface area contributed by atoms with Crippen molar-refractivity contribution in [2.45, 2.75) is 10.6 Å². The SMILES string of the molecule is Nc1cc(Br)ccc1SCc1ccc(C(=O)O)cn1. The van der Waals surface area contributed by atoms with Crippen LogP contribution in [-0.4, -0.2) is 16.1 Å². The first kappa shape index (κ1) is 13.9. The summed E-state index contributed by atoms with van der Waals surface area (Å²) in [4.78, 5) is 15.8. The highest BCUT2D eigenvalue weighted by Crippen LogP contribution is 2.29. The zero-order chi connectivity index (χ0) is 13.8. The normalized spacial score (nSPS) is 10.4. The van der Waals surface area contributed by atoms with Gasteiger partial charge in [-0.25, -0.2) is 4.79 Å².